The van der Waals surface area contributed by atoms with Crippen molar-refractivity contribution in [1.29, 1.82) is 0 Å². The summed E-state index contributed by atoms with van der Waals surface area (Å²) in [5.41, 5.74) is 0.666. The number of thiophene rings is 1. The Morgan fingerprint density at radius 1 is 1.25 bits per heavy atom. The summed E-state index contributed by atoms with van der Waals surface area (Å²) in [4.78, 5) is 26.9. The van der Waals surface area contributed by atoms with Gasteiger partial charge in [0.2, 0.25) is 5.91 Å². The van der Waals surface area contributed by atoms with Crippen molar-refractivity contribution in [1.82, 2.24) is 10.2 Å². The number of nitrogens with one attached hydrogen (secondary N) is 1. The molecule has 24 heavy (non-hydrogen) atoms. The van der Waals surface area contributed by atoms with Gasteiger partial charge in [-0.2, -0.15) is 13.2 Å². The highest BCUT2D eigenvalue weighted by molar-refractivity contribution is 7.12. The van der Waals surface area contributed by atoms with Gasteiger partial charge in [-0.05, 0) is 39.9 Å². The molecule has 1 heterocycles. The molecule has 1 N–H and O–H groups in total. The van der Waals surface area contributed by atoms with Crippen molar-refractivity contribution in [3.05, 3.63) is 21.4 Å². The van der Waals surface area contributed by atoms with Crippen LogP contribution in [0.15, 0.2) is 6.07 Å². The average Bonchev–Trinajstić information content (AvgIpc) is 2.78. The van der Waals surface area contributed by atoms with Crippen LogP contribution in [0.1, 0.15) is 39.4 Å². The zero-order valence-electron chi connectivity index (χ0n) is 14.1. The summed E-state index contributed by atoms with van der Waals surface area (Å²) in [7, 11) is 1.39. The molecule has 136 valence electrons. The van der Waals surface area contributed by atoms with Gasteiger partial charge in [0.15, 0.2) is 5.78 Å². The van der Waals surface area contributed by atoms with E-state index in [1.807, 2.05) is 19.9 Å². The largest absolute Gasteiger partial charge is 0.401 e. The Hall–Kier alpha value is -1.41. The van der Waals surface area contributed by atoms with Crippen LogP contribution in [-0.4, -0.2) is 49.4 Å². The molecule has 0 spiro atoms. The summed E-state index contributed by atoms with van der Waals surface area (Å²) >= 11 is 1.55. The summed E-state index contributed by atoms with van der Waals surface area (Å²) in [6, 6.07) is 1.83. The number of carbonyl (C=O) groups is 2. The summed E-state index contributed by atoms with van der Waals surface area (Å²) in [6.07, 6.45) is -3.56. The first-order chi connectivity index (χ1) is 11.1. The molecule has 0 unspecified atom stereocenters. The van der Waals surface area contributed by atoms with Crippen LogP contribution in [0.5, 0.6) is 0 Å². The summed E-state index contributed by atoms with van der Waals surface area (Å²) in [6.45, 7) is 3.38. The third-order valence-electron chi connectivity index (χ3n) is 3.41. The molecule has 8 heteroatoms. The lowest BCUT2D eigenvalue weighted by Crippen LogP contribution is -2.33. The molecular weight excluding hydrogens is 341 g/mol. The molecule has 0 radical (unpaired) electrons. The van der Waals surface area contributed by atoms with E-state index in [0.717, 1.165) is 14.7 Å². The van der Waals surface area contributed by atoms with Gasteiger partial charge < -0.3 is 5.32 Å². The maximum atomic E-state index is 12.1. The Balaban J connectivity index is 2.21. The molecule has 0 aliphatic rings. The van der Waals surface area contributed by atoms with Crippen LogP contribution < -0.4 is 5.32 Å². The Kier molecular flexibility index (Phi) is 7.89. The van der Waals surface area contributed by atoms with Gasteiger partial charge in [0.1, 0.15) is 0 Å². The number of carbonyl (C=O) groups excluding carboxylic acids is 2. The minimum atomic E-state index is -4.21. The molecule has 0 aromatic carbocycles. The fraction of sp³-hybridized carbons (Fsp3) is 0.625. The highest BCUT2D eigenvalue weighted by atomic mass is 32.1. The maximum Gasteiger partial charge on any atom is 0.401 e. The van der Waals surface area contributed by atoms with E-state index in [9.17, 15) is 22.8 Å². The van der Waals surface area contributed by atoms with Crippen molar-refractivity contribution in [3.8, 4) is 0 Å². The number of Topliss-reactive ketones (excluding diaryl/α,β-unsaturated/α-hetero) is 1. The van der Waals surface area contributed by atoms with Crippen molar-refractivity contribution in [2.45, 2.75) is 39.3 Å². The number of ketones is 1. The third kappa shape index (κ3) is 7.92. The molecule has 0 aliphatic carbocycles. The van der Waals surface area contributed by atoms with Crippen LogP contribution in [0, 0.1) is 13.8 Å². The Morgan fingerprint density at radius 2 is 1.92 bits per heavy atom. The van der Waals surface area contributed by atoms with Gasteiger partial charge in [-0.1, -0.05) is 0 Å². The first-order valence-corrected chi connectivity index (χ1v) is 8.52. The van der Waals surface area contributed by atoms with E-state index in [2.05, 4.69) is 5.32 Å². The van der Waals surface area contributed by atoms with E-state index in [0.29, 0.717) is 18.5 Å². The molecule has 1 rings (SSSR count). The van der Waals surface area contributed by atoms with Gasteiger partial charge in [0.25, 0.3) is 0 Å². The first kappa shape index (κ1) is 20.6. The highest BCUT2D eigenvalue weighted by Gasteiger charge is 2.28. The minimum Gasteiger partial charge on any atom is -0.356 e. The number of amides is 1. The topological polar surface area (TPSA) is 49.4 Å². The number of alkyl halides is 3. The lowest BCUT2D eigenvalue weighted by atomic mass is 10.1. The van der Waals surface area contributed by atoms with Crippen molar-refractivity contribution < 1.29 is 22.8 Å². The lowest BCUT2D eigenvalue weighted by molar-refractivity contribution is -0.143. The number of rotatable bonds is 9. The van der Waals surface area contributed by atoms with E-state index in [1.54, 1.807) is 11.3 Å². The van der Waals surface area contributed by atoms with Crippen molar-refractivity contribution in [3.63, 3.8) is 0 Å². The smallest absolute Gasteiger partial charge is 0.356 e. The fourth-order valence-corrected chi connectivity index (χ4v) is 3.26. The first-order valence-electron chi connectivity index (χ1n) is 7.70. The van der Waals surface area contributed by atoms with Crippen molar-refractivity contribution in [2.75, 3.05) is 26.7 Å². The minimum absolute atomic E-state index is 0.0584. The standard InChI is InChI=1S/C16H23F3N2O2S/c1-11-9-13(12(2)24-11)14(22)5-6-15(23)20-7-4-8-21(3)10-16(17,18)19/h9H,4-8,10H2,1-3H3,(H,20,23). The zero-order valence-corrected chi connectivity index (χ0v) is 14.9. The van der Waals surface area contributed by atoms with E-state index in [-0.39, 0.29) is 31.1 Å². The van der Waals surface area contributed by atoms with Gasteiger partial charge in [-0.25, -0.2) is 0 Å². The van der Waals surface area contributed by atoms with Gasteiger partial charge in [-0.15, -0.1) is 11.3 Å². The number of nitrogens with zero attached hydrogens (tertiary/aromatic N) is 1. The van der Waals surface area contributed by atoms with Gasteiger partial charge in [0, 0.05) is 34.7 Å². The summed E-state index contributed by atoms with van der Waals surface area (Å²) in [5.74, 6) is -0.316. The second-order valence-electron chi connectivity index (χ2n) is 5.81. The lowest BCUT2D eigenvalue weighted by Gasteiger charge is -2.18. The second kappa shape index (κ2) is 9.17. The molecule has 1 aromatic heterocycles. The predicted molar refractivity (Wildman–Crippen MR) is 88.5 cm³/mol. The maximum absolute atomic E-state index is 12.1. The van der Waals surface area contributed by atoms with E-state index >= 15 is 0 Å². The third-order valence-corrected chi connectivity index (χ3v) is 4.37. The highest BCUT2D eigenvalue weighted by Crippen LogP contribution is 2.22. The molecule has 0 bridgehead atoms. The molecular formula is C16H23F3N2O2S. The van der Waals surface area contributed by atoms with E-state index < -0.39 is 12.7 Å². The number of aryl methyl sites for hydroxylation is 2. The molecule has 0 fully saturated rings. The number of hydrogen-bond donors (Lipinski definition) is 1. The monoisotopic (exact) mass is 364 g/mol. The van der Waals surface area contributed by atoms with Crippen LogP contribution in [0.2, 0.25) is 0 Å². The molecule has 0 saturated carbocycles. The average molecular weight is 364 g/mol. The van der Waals surface area contributed by atoms with Gasteiger partial charge >= 0.3 is 6.18 Å². The Bertz CT molecular complexity index is 570. The predicted octanol–water partition coefficient (Wildman–Crippen LogP) is 3.33. The van der Waals surface area contributed by atoms with E-state index in [1.165, 1.54) is 7.05 Å². The van der Waals surface area contributed by atoms with E-state index in [4.69, 9.17) is 0 Å². The summed E-state index contributed by atoms with van der Waals surface area (Å²) < 4.78 is 36.4. The van der Waals surface area contributed by atoms with Crippen LogP contribution in [0.3, 0.4) is 0 Å². The quantitative estimate of drug-likeness (QED) is 0.540. The molecule has 1 amide bonds. The zero-order chi connectivity index (χ0) is 18.3. The molecule has 0 atom stereocenters. The Labute approximate surface area is 144 Å². The van der Waals surface area contributed by atoms with Crippen LogP contribution in [0.4, 0.5) is 13.2 Å². The summed E-state index contributed by atoms with van der Waals surface area (Å²) in [5, 5.41) is 2.63. The van der Waals surface area contributed by atoms with Crippen LogP contribution in [-0.2, 0) is 4.79 Å². The second-order valence-corrected chi connectivity index (χ2v) is 7.27. The van der Waals surface area contributed by atoms with Crippen molar-refractivity contribution in [2.24, 2.45) is 0 Å². The molecule has 0 aliphatic heterocycles. The normalized spacial score (nSPS) is 11.8. The number of halogens is 3. The van der Waals surface area contributed by atoms with Gasteiger partial charge in [0.05, 0.1) is 6.54 Å². The molecule has 0 saturated heterocycles. The molecule has 1 aromatic rings. The SMILES string of the molecule is Cc1cc(C(=O)CCC(=O)NCCCN(C)CC(F)(F)F)c(C)s1. The van der Waals surface area contributed by atoms with Crippen LogP contribution >= 0.6 is 11.3 Å². The fourth-order valence-electron chi connectivity index (χ4n) is 2.32. The van der Waals surface area contributed by atoms with Gasteiger partial charge in [-0.3, -0.25) is 14.5 Å². The number of hydrogen-bond acceptors (Lipinski definition) is 4. The van der Waals surface area contributed by atoms with Crippen LogP contribution in [0.25, 0.3) is 0 Å². The molecule has 4 nitrogen and oxygen atoms in total. The Morgan fingerprint density at radius 3 is 2.46 bits per heavy atom. The van der Waals surface area contributed by atoms with Crippen molar-refractivity contribution >= 4 is 23.0 Å².